The zero-order chi connectivity index (χ0) is 24.4. The minimum Gasteiger partial charge on any atom is -0.497 e. The van der Waals surface area contributed by atoms with E-state index in [9.17, 15) is 13.2 Å². The van der Waals surface area contributed by atoms with E-state index in [0.717, 1.165) is 11.8 Å². The molecule has 1 N–H and O–H groups in total. The number of carbonyl (C=O) groups excluding carboxylic acids is 1. The molecule has 2 rings (SSSR count). The number of hydrogen-bond acceptors (Lipinski definition) is 6. The fourth-order valence-electron chi connectivity index (χ4n) is 3.35. The number of nitrogens with one attached hydrogen (secondary N) is 1. The highest BCUT2D eigenvalue weighted by molar-refractivity contribution is 7.92. The maximum absolute atomic E-state index is 12.5. The van der Waals surface area contributed by atoms with Crippen molar-refractivity contribution in [3.8, 4) is 17.2 Å². The van der Waals surface area contributed by atoms with Gasteiger partial charge in [-0.1, -0.05) is 6.07 Å². The first-order chi connectivity index (χ1) is 15.7. The van der Waals surface area contributed by atoms with E-state index in [1.54, 1.807) is 31.4 Å². The van der Waals surface area contributed by atoms with Crippen LogP contribution >= 0.6 is 0 Å². The molecule has 9 heteroatoms. The van der Waals surface area contributed by atoms with Crippen LogP contribution in [0.15, 0.2) is 42.5 Å². The van der Waals surface area contributed by atoms with Crippen molar-refractivity contribution >= 4 is 21.6 Å². The molecule has 0 aliphatic carbocycles. The number of nitrogens with zero attached hydrogens (tertiary/aromatic N) is 1. The Morgan fingerprint density at radius 3 is 2.24 bits per heavy atom. The number of rotatable bonds is 13. The molecule has 2 aromatic rings. The predicted octanol–water partition coefficient (Wildman–Crippen LogP) is 3.92. The molecule has 182 valence electrons. The minimum atomic E-state index is -3.49. The molecule has 0 spiro atoms. The normalized spacial score (nSPS) is 12.0. The van der Waals surface area contributed by atoms with Crippen molar-refractivity contribution in [2.24, 2.45) is 0 Å². The van der Waals surface area contributed by atoms with Gasteiger partial charge in [0.15, 0.2) is 11.5 Å². The Morgan fingerprint density at radius 1 is 1.03 bits per heavy atom. The predicted molar refractivity (Wildman–Crippen MR) is 130 cm³/mol. The number of sulfonamides is 1. The van der Waals surface area contributed by atoms with Crippen LogP contribution in [-0.4, -0.2) is 47.4 Å². The first-order valence-corrected chi connectivity index (χ1v) is 12.8. The SMILES string of the molecule is CCOc1ccc(C(C)NC(=O)CCCN(c2ccc(OC)cc2)S(C)(=O)=O)cc1OCC. The van der Waals surface area contributed by atoms with Gasteiger partial charge in [0.25, 0.3) is 0 Å². The molecule has 0 heterocycles. The molecule has 1 amide bonds. The van der Waals surface area contributed by atoms with Crippen molar-refractivity contribution in [1.29, 1.82) is 0 Å². The van der Waals surface area contributed by atoms with Crippen molar-refractivity contribution in [1.82, 2.24) is 5.32 Å². The van der Waals surface area contributed by atoms with Crippen LogP contribution in [0.1, 0.15) is 45.2 Å². The zero-order valence-electron chi connectivity index (χ0n) is 20.0. The first kappa shape index (κ1) is 26.3. The lowest BCUT2D eigenvalue weighted by Crippen LogP contribution is -2.32. The molecule has 8 nitrogen and oxygen atoms in total. The molecule has 2 aromatic carbocycles. The number of hydrogen-bond donors (Lipinski definition) is 1. The summed E-state index contributed by atoms with van der Waals surface area (Å²) in [6.45, 7) is 6.95. The molecule has 0 bridgehead atoms. The third-order valence-electron chi connectivity index (χ3n) is 4.97. The van der Waals surface area contributed by atoms with Gasteiger partial charge in [0.05, 0.1) is 38.3 Å². The van der Waals surface area contributed by atoms with Crippen LogP contribution in [0.4, 0.5) is 5.69 Å². The van der Waals surface area contributed by atoms with Gasteiger partial charge in [-0.15, -0.1) is 0 Å². The van der Waals surface area contributed by atoms with Gasteiger partial charge in [0, 0.05) is 13.0 Å². The second kappa shape index (κ2) is 12.3. The number of methoxy groups -OCH3 is 1. The highest BCUT2D eigenvalue weighted by atomic mass is 32.2. The van der Waals surface area contributed by atoms with Gasteiger partial charge in [0.2, 0.25) is 15.9 Å². The minimum absolute atomic E-state index is 0.155. The van der Waals surface area contributed by atoms with Gasteiger partial charge in [-0.05, 0) is 69.2 Å². The Morgan fingerprint density at radius 2 is 1.67 bits per heavy atom. The molecule has 0 aliphatic heterocycles. The van der Waals surface area contributed by atoms with Gasteiger partial charge >= 0.3 is 0 Å². The molecule has 0 fully saturated rings. The Hall–Kier alpha value is -2.94. The van der Waals surface area contributed by atoms with E-state index in [1.807, 2.05) is 39.0 Å². The number of anilines is 1. The van der Waals surface area contributed by atoms with E-state index in [2.05, 4.69) is 5.32 Å². The van der Waals surface area contributed by atoms with E-state index in [0.29, 0.717) is 42.6 Å². The second-order valence-electron chi connectivity index (χ2n) is 7.50. The highest BCUT2D eigenvalue weighted by Crippen LogP contribution is 2.30. The quantitative estimate of drug-likeness (QED) is 0.469. The maximum atomic E-state index is 12.5. The van der Waals surface area contributed by atoms with Crippen LogP contribution < -0.4 is 23.8 Å². The summed E-state index contributed by atoms with van der Waals surface area (Å²) in [5.41, 5.74) is 1.43. The van der Waals surface area contributed by atoms with Gasteiger partial charge in [-0.3, -0.25) is 9.10 Å². The van der Waals surface area contributed by atoms with Crippen LogP contribution in [0.25, 0.3) is 0 Å². The van der Waals surface area contributed by atoms with E-state index in [-0.39, 0.29) is 24.9 Å². The van der Waals surface area contributed by atoms with E-state index < -0.39 is 10.0 Å². The van der Waals surface area contributed by atoms with Crippen molar-refractivity contribution in [3.05, 3.63) is 48.0 Å². The Bertz CT molecular complexity index is 1010. The molecule has 1 unspecified atom stereocenters. The van der Waals surface area contributed by atoms with Gasteiger partial charge in [0.1, 0.15) is 5.75 Å². The molecule has 1 atom stereocenters. The van der Waals surface area contributed by atoms with E-state index >= 15 is 0 Å². The maximum Gasteiger partial charge on any atom is 0.232 e. The summed E-state index contributed by atoms with van der Waals surface area (Å²) in [7, 11) is -1.94. The summed E-state index contributed by atoms with van der Waals surface area (Å²) in [6.07, 6.45) is 1.73. The van der Waals surface area contributed by atoms with Gasteiger partial charge < -0.3 is 19.5 Å². The fraction of sp³-hybridized carbons (Fsp3) is 0.458. The largest absolute Gasteiger partial charge is 0.497 e. The number of carbonyl (C=O) groups is 1. The highest BCUT2D eigenvalue weighted by Gasteiger charge is 2.18. The van der Waals surface area contributed by atoms with Crippen LogP contribution in [0.5, 0.6) is 17.2 Å². The molecular weight excluding hydrogens is 444 g/mol. The average molecular weight is 479 g/mol. The lowest BCUT2D eigenvalue weighted by atomic mass is 10.1. The average Bonchev–Trinajstić information content (AvgIpc) is 2.77. The Kier molecular flexibility index (Phi) is 9.84. The topological polar surface area (TPSA) is 94.2 Å². The third kappa shape index (κ3) is 7.85. The van der Waals surface area contributed by atoms with E-state index in [1.165, 1.54) is 4.31 Å². The molecule has 0 aliphatic rings. The van der Waals surface area contributed by atoms with Crippen LogP contribution in [0, 0.1) is 0 Å². The number of amides is 1. The van der Waals surface area contributed by atoms with Crippen molar-refractivity contribution in [2.45, 2.75) is 39.7 Å². The first-order valence-electron chi connectivity index (χ1n) is 11.0. The smallest absolute Gasteiger partial charge is 0.232 e. The van der Waals surface area contributed by atoms with Crippen molar-refractivity contribution in [3.63, 3.8) is 0 Å². The lowest BCUT2D eigenvalue weighted by molar-refractivity contribution is -0.121. The number of ether oxygens (including phenoxy) is 3. The van der Waals surface area contributed by atoms with Crippen LogP contribution in [-0.2, 0) is 14.8 Å². The third-order valence-corrected chi connectivity index (χ3v) is 6.16. The zero-order valence-corrected chi connectivity index (χ0v) is 20.8. The van der Waals surface area contributed by atoms with Crippen LogP contribution in [0.3, 0.4) is 0 Å². The van der Waals surface area contributed by atoms with Crippen molar-refractivity contribution in [2.75, 3.05) is 37.4 Å². The fourth-order valence-corrected chi connectivity index (χ4v) is 4.32. The van der Waals surface area contributed by atoms with E-state index in [4.69, 9.17) is 14.2 Å². The van der Waals surface area contributed by atoms with Crippen molar-refractivity contribution < 1.29 is 27.4 Å². The Balaban J connectivity index is 1.97. The molecule has 0 saturated carbocycles. The summed E-state index contributed by atoms with van der Waals surface area (Å²) in [5, 5.41) is 2.96. The number of benzene rings is 2. The molecular formula is C24H34N2O6S. The standard InChI is InChI=1S/C24H34N2O6S/c1-6-31-22-15-10-19(17-23(22)32-7-2)18(3)25-24(27)9-8-16-26(33(5,28)29)20-11-13-21(30-4)14-12-20/h10-15,17-18H,6-9,16H2,1-5H3,(H,25,27). The summed E-state index contributed by atoms with van der Waals surface area (Å²) in [5.74, 6) is 1.79. The molecule has 33 heavy (non-hydrogen) atoms. The monoisotopic (exact) mass is 478 g/mol. The van der Waals surface area contributed by atoms with Gasteiger partial charge in [-0.25, -0.2) is 8.42 Å². The summed E-state index contributed by atoms with van der Waals surface area (Å²) in [4.78, 5) is 12.5. The molecule has 0 saturated heterocycles. The molecule has 0 radical (unpaired) electrons. The Labute approximate surface area is 196 Å². The summed E-state index contributed by atoms with van der Waals surface area (Å²) < 4.78 is 42.2. The van der Waals surface area contributed by atoms with Crippen LogP contribution in [0.2, 0.25) is 0 Å². The van der Waals surface area contributed by atoms with Gasteiger partial charge in [-0.2, -0.15) is 0 Å². The lowest BCUT2D eigenvalue weighted by Gasteiger charge is -2.23. The molecule has 0 aromatic heterocycles. The summed E-state index contributed by atoms with van der Waals surface area (Å²) in [6, 6.07) is 12.1. The summed E-state index contributed by atoms with van der Waals surface area (Å²) >= 11 is 0. The second-order valence-corrected chi connectivity index (χ2v) is 9.40.